The first kappa shape index (κ1) is 7.84. The van der Waals surface area contributed by atoms with Crippen LogP contribution in [-0.2, 0) is 0 Å². The maximum Gasteiger partial charge on any atom is 0.0661 e. The highest BCUT2D eigenvalue weighted by atomic mass is 32.2. The van der Waals surface area contributed by atoms with Gasteiger partial charge in [0, 0.05) is 5.75 Å². The molecule has 0 spiro atoms. The highest BCUT2D eigenvalue weighted by molar-refractivity contribution is 7.99. The molecule has 1 nitrogen and oxygen atoms in total. The zero-order valence-electron chi connectivity index (χ0n) is 5.35. The molecule has 1 atom stereocenters. The van der Waals surface area contributed by atoms with Crippen molar-refractivity contribution < 1.29 is 0 Å². The molecule has 0 bridgehead atoms. The molecule has 0 aromatic rings. The number of rotatable bonds is 3. The van der Waals surface area contributed by atoms with E-state index in [0.717, 1.165) is 11.5 Å². The molecule has 46 valence electrons. The molecule has 0 N–H and O–H groups in total. The highest BCUT2D eigenvalue weighted by Crippen LogP contribution is 2.05. The molecular formula is C6H11NS. The van der Waals surface area contributed by atoms with Crippen LogP contribution in [0.1, 0.15) is 13.8 Å². The first-order valence-electron chi connectivity index (χ1n) is 2.78. The Hall–Kier alpha value is -0.160. The van der Waals surface area contributed by atoms with Crippen molar-refractivity contribution in [3.63, 3.8) is 0 Å². The van der Waals surface area contributed by atoms with Crippen LogP contribution in [-0.4, -0.2) is 11.5 Å². The van der Waals surface area contributed by atoms with E-state index in [9.17, 15) is 0 Å². The summed E-state index contributed by atoms with van der Waals surface area (Å²) in [6.45, 7) is 4.05. The zero-order valence-corrected chi connectivity index (χ0v) is 6.16. The molecule has 0 heterocycles. The lowest BCUT2D eigenvalue weighted by molar-refractivity contribution is 0.864. The van der Waals surface area contributed by atoms with E-state index in [1.54, 1.807) is 0 Å². The van der Waals surface area contributed by atoms with Crippen molar-refractivity contribution in [2.24, 2.45) is 5.92 Å². The van der Waals surface area contributed by atoms with Crippen LogP contribution < -0.4 is 0 Å². The van der Waals surface area contributed by atoms with Gasteiger partial charge in [-0.3, -0.25) is 0 Å². The quantitative estimate of drug-likeness (QED) is 0.581. The lowest BCUT2D eigenvalue weighted by Crippen LogP contribution is -1.92. The van der Waals surface area contributed by atoms with E-state index in [4.69, 9.17) is 5.26 Å². The van der Waals surface area contributed by atoms with Crippen LogP contribution >= 0.6 is 11.8 Å². The summed E-state index contributed by atoms with van der Waals surface area (Å²) >= 11 is 1.82. The summed E-state index contributed by atoms with van der Waals surface area (Å²) in [6, 6.07) is 2.18. The lowest BCUT2D eigenvalue weighted by Gasteiger charge is -1.96. The van der Waals surface area contributed by atoms with Crippen LogP contribution in [0.3, 0.4) is 0 Å². The second kappa shape index (κ2) is 4.99. The molecule has 0 fully saturated rings. The van der Waals surface area contributed by atoms with Gasteiger partial charge in [0.1, 0.15) is 0 Å². The molecule has 0 rings (SSSR count). The Bertz CT molecular complexity index is 85.0. The minimum absolute atomic E-state index is 0.222. The van der Waals surface area contributed by atoms with Gasteiger partial charge in [0.25, 0.3) is 0 Å². The van der Waals surface area contributed by atoms with Crippen molar-refractivity contribution in [3.8, 4) is 6.07 Å². The Morgan fingerprint density at radius 1 is 1.75 bits per heavy atom. The molecule has 0 aromatic heterocycles. The Morgan fingerprint density at radius 3 is 2.75 bits per heavy atom. The van der Waals surface area contributed by atoms with E-state index in [1.807, 2.05) is 18.7 Å². The number of nitrogens with zero attached hydrogens (tertiary/aromatic N) is 1. The van der Waals surface area contributed by atoms with Crippen molar-refractivity contribution in [3.05, 3.63) is 0 Å². The van der Waals surface area contributed by atoms with E-state index in [1.165, 1.54) is 0 Å². The second-order valence-corrected chi connectivity index (χ2v) is 3.01. The molecule has 8 heavy (non-hydrogen) atoms. The van der Waals surface area contributed by atoms with Gasteiger partial charge in [0.15, 0.2) is 0 Å². The summed E-state index contributed by atoms with van der Waals surface area (Å²) in [5.74, 6) is 2.32. The van der Waals surface area contributed by atoms with Crippen LogP contribution in [0.25, 0.3) is 0 Å². The number of nitriles is 1. The number of hydrogen-bond acceptors (Lipinski definition) is 2. The van der Waals surface area contributed by atoms with Crippen LogP contribution in [0.4, 0.5) is 0 Å². The van der Waals surface area contributed by atoms with Gasteiger partial charge in [-0.2, -0.15) is 17.0 Å². The molecule has 1 unspecified atom stereocenters. The van der Waals surface area contributed by atoms with Crippen LogP contribution in [0, 0.1) is 17.2 Å². The van der Waals surface area contributed by atoms with Crippen molar-refractivity contribution in [2.45, 2.75) is 13.8 Å². The highest BCUT2D eigenvalue weighted by Gasteiger charge is 1.95. The Balaban J connectivity index is 3.02. The average molecular weight is 129 g/mol. The largest absolute Gasteiger partial charge is 0.198 e. The van der Waals surface area contributed by atoms with Crippen molar-refractivity contribution >= 4 is 11.8 Å². The first-order chi connectivity index (χ1) is 3.81. The molecule has 0 amide bonds. The van der Waals surface area contributed by atoms with Crippen LogP contribution in [0.5, 0.6) is 0 Å². The summed E-state index contributed by atoms with van der Waals surface area (Å²) in [5.41, 5.74) is 0. The van der Waals surface area contributed by atoms with Crippen molar-refractivity contribution in [2.75, 3.05) is 11.5 Å². The van der Waals surface area contributed by atoms with Gasteiger partial charge in [-0.15, -0.1) is 0 Å². The fourth-order valence-corrected chi connectivity index (χ4v) is 0.996. The molecule has 0 saturated heterocycles. The third kappa shape index (κ3) is 4.01. The number of thioether (sulfide) groups is 1. The Kier molecular flexibility index (Phi) is 4.89. The summed E-state index contributed by atoms with van der Waals surface area (Å²) in [4.78, 5) is 0. The minimum Gasteiger partial charge on any atom is -0.198 e. The monoisotopic (exact) mass is 129 g/mol. The van der Waals surface area contributed by atoms with E-state index < -0.39 is 0 Å². The minimum atomic E-state index is 0.222. The molecule has 0 aliphatic rings. The first-order valence-corrected chi connectivity index (χ1v) is 3.94. The fraction of sp³-hybridized carbons (Fsp3) is 0.833. The van der Waals surface area contributed by atoms with Gasteiger partial charge in [0.05, 0.1) is 12.0 Å². The SMILES string of the molecule is CCSCC(C)C#N. The Labute approximate surface area is 55.1 Å². The summed E-state index contributed by atoms with van der Waals surface area (Å²) in [6.07, 6.45) is 0. The van der Waals surface area contributed by atoms with Crippen molar-refractivity contribution in [1.29, 1.82) is 5.26 Å². The van der Waals surface area contributed by atoms with E-state index in [0.29, 0.717) is 0 Å². The molecule has 0 radical (unpaired) electrons. The predicted molar refractivity (Wildman–Crippen MR) is 37.8 cm³/mol. The van der Waals surface area contributed by atoms with Gasteiger partial charge in [-0.1, -0.05) is 6.92 Å². The van der Waals surface area contributed by atoms with E-state index in [2.05, 4.69) is 13.0 Å². The van der Waals surface area contributed by atoms with E-state index in [-0.39, 0.29) is 5.92 Å². The Morgan fingerprint density at radius 2 is 2.38 bits per heavy atom. The second-order valence-electron chi connectivity index (χ2n) is 1.69. The zero-order chi connectivity index (χ0) is 6.41. The summed E-state index contributed by atoms with van der Waals surface area (Å²) in [5, 5.41) is 8.30. The standard InChI is InChI=1S/C6H11NS/c1-3-8-5-6(2)4-7/h6H,3,5H2,1-2H3. The lowest BCUT2D eigenvalue weighted by atomic mass is 10.3. The van der Waals surface area contributed by atoms with Crippen molar-refractivity contribution in [1.82, 2.24) is 0 Å². The third-order valence-electron chi connectivity index (χ3n) is 0.792. The molecule has 0 saturated carbocycles. The average Bonchev–Trinajstić information content (AvgIpc) is 1.83. The van der Waals surface area contributed by atoms with Gasteiger partial charge >= 0.3 is 0 Å². The van der Waals surface area contributed by atoms with Gasteiger partial charge in [0.2, 0.25) is 0 Å². The molecule has 0 aromatic carbocycles. The normalized spacial score (nSPS) is 12.6. The predicted octanol–water partition coefficient (Wildman–Crippen LogP) is 1.90. The molecule has 2 heteroatoms. The van der Waals surface area contributed by atoms with Gasteiger partial charge in [-0.25, -0.2) is 0 Å². The summed E-state index contributed by atoms with van der Waals surface area (Å²) in [7, 11) is 0. The summed E-state index contributed by atoms with van der Waals surface area (Å²) < 4.78 is 0. The maximum atomic E-state index is 8.30. The third-order valence-corrected chi connectivity index (χ3v) is 1.94. The molecule has 0 aliphatic carbocycles. The topological polar surface area (TPSA) is 23.8 Å². The number of hydrogen-bond donors (Lipinski definition) is 0. The molecular weight excluding hydrogens is 118 g/mol. The maximum absolute atomic E-state index is 8.30. The van der Waals surface area contributed by atoms with E-state index >= 15 is 0 Å². The fourth-order valence-electron chi connectivity index (χ4n) is 0.332. The van der Waals surface area contributed by atoms with Crippen LogP contribution in [0.15, 0.2) is 0 Å². The smallest absolute Gasteiger partial charge is 0.0661 e. The van der Waals surface area contributed by atoms with Crippen LogP contribution in [0.2, 0.25) is 0 Å². The van der Waals surface area contributed by atoms with Gasteiger partial charge < -0.3 is 0 Å². The van der Waals surface area contributed by atoms with Gasteiger partial charge in [-0.05, 0) is 12.7 Å². The molecule has 0 aliphatic heterocycles.